The van der Waals surface area contributed by atoms with E-state index >= 15 is 0 Å². The first-order chi connectivity index (χ1) is 16.3. The topological polar surface area (TPSA) is 97.9 Å². The molecule has 1 aromatic carbocycles. The van der Waals surface area contributed by atoms with Crippen molar-refractivity contribution < 1.29 is 9.47 Å². The Bertz CT molecular complexity index is 1210. The van der Waals surface area contributed by atoms with Gasteiger partial charge in [-0.2, -0.15) is 10.4 Å². The van der Waals surface area contributed by atoms with Gasteiger partial charge in [-0.3, -0.25) is 4.98 Å². The Balaban J connectivity index is 1.38. The molecule has 0 amide bonds. The maximum atomic E-state index is 9.19. The lowest BCUT2D eigenvalue weighted by molar-refractivity contribution is -0.0365. The summed E-state index contributed by atoms with van der Waals surface area (Å²) in [6, 6.07) is 8.31. The Hall–Kier alpha value is -3.02. The second-order valence-electron chi connectivity index (χ2n) is 9.47. The molecule has 1 spiro atoms. The second kappa shape index (κ2) is 8.40. The van der Waals surface area contributed by atoms with Gasteiger partial charge < -0.3 is 14.8 Å². The summed E-state index contributed by atoms with van der Waals surface area (Å²) in [5.74, 6) is 0.539. The minimum Gasteiger partial charge on any atom is -0.471 e. The van der Waals surface area contributed by atoms with Crippen LogP contribution in [0.2, 0.25) is 0 Å². The van der Waals surface area contributed by atoms with Crippen LogP contribution in [0.15, 0.2) is 30.6 Å². The Labute approximate surface area is 192 Å². The molecule has 4 heterocycles. The quantitative estimate of drug-likeness (QED) is 0.639. The summed E-state index contributed by atoms with van der Waals surface area (Å²) in [7, 11) is 0. The highest BCUT2D eigenvalue weighted by Crippen LogP contribution is 2.53. The molecule has 6 rings (SSSR count). The molecular weight excluding hydrogens is 416 g/mol. The van der Waals surface area contributed by atoms with Gasteiger partial charge in [-0.15, -0.1) is 0 Å². The van der Waals surface area contributed by atoms with Gasteiger partial charge >= 0.3 is 0 Å². The number of aromatic nitrogens is 4. The zero-order valence-electron chi connectivity index (χ0n) is 18.7. The van der Waals surface area contributed by atoms with Crippen LogP contribution < -0.4 is 10.1 Å². The minimum atomic E-state index is -0.0905. The molecule has 8 nitrogen and oxygen atoms in total. The Morgan fingerprint density at radius 3 is 3.00 bits per heavy atom. The van der Waals surface area contributed by atoms with E-state index in [0.717, 1.165) is 67.5 Å². The van der Waals surface area contributed by atoms with Crippen LogP contribution in [0.3, 0.4) is 0 Å². The molecule has 3 fully saturated rings. The molecule has 8 heteroatoms. The predicted octanol–water partition coefficient (Wildman–Crippen LogP) is 3.78. The van der Waals surface area contributed by atoms with E-state index in [1.807, 2.05) is 22.9 Å². The number of nitriles is 1. The molecule has 2 atom stereocenters. The molecule has 1 N–H and O–H groups in total. The monoisotopic (exact) mass is 444 g/mol. The molecular formula is C25H28N6O2. The molecule has 0 bridgehead atoms. The second-order valence-corrected chi connectivity index (χ2v) is 9.47. The van der Waals surface area contributed by atoms with Crippen LogP contribution in [0, 0.1) is 16.7 Å². The van der Waals surface area contributed by atoms with Crippen LogP contribution in [-0.4, -0.2) is 45.5 Å². The third-order valence-electron chi connectivity index (χ3n) is 7.30. The van der Waals surface area contributed by atoms with E-state index in [1.165, 1.54) is 12.8 Å². The van der Waals surface area contributed by atoms with Crippen molar-refractivity contribution in [3.05, 3.63) is 36.2 Å². The number of ether oxygens (including phenoxy) is 2. The van der Waals surface area contributed by atoms with E-state index in [0.29, 0.717) is 23.4 Å². The van der Waals surface area contributed by atoms with E-state index in [2.05, 4.69) is 16.4 Å². The Morgan fingerprint density at radius 1 is 1.24 bits per heavy atom. The van der Waals surface area contributed by atoms with Crippen molar-refractivity contribution in [1.82, 2.24) is 25.1 Å². The van der Waals surface area contributed by atoms with Gasteiger partial charge in [0.25, 0.3) is 0 Å². The van der Waals surface area contributed by atoms with Crippen molar-refractivity contribution in [1.29, 1.82) is 5.26 Å². The highest BCUT2D eigenvalue weighted by Gasteiger charge is 2.52. The zero-order valence-corrected chi connectivity index (χ0v) is 18.7. The number of piperidine rings is 1. The molecule has 2 aliphatic heterocycles. The lowest BCUT2D eigenvalue weighted by atomic mass is 9.92. The largest absolute Gasteiger partial charge is 0.471 e. The Kier molecular flexibility index (Phi) is 5.24. The van der Waals surface area contributed by atoms with Gasteiger partial charge in [0.15, 0.2) is 6.23 Å². The number of hydrogen-bond acceptors (Lipinski definition) is 7. The van der Waals surface area contributed by atoms with Crippen molar-refractivity contribution in [2.75, 3.05) is 19.7 Å². The van der Waals surface area contributed by atoms with Gasteiger partial charge in [0.2, 0.25) is 5.88 Å². The molecule has 1 saturated carbocycles. The van der Waals surface area contributed by atoms with Gasteiger partial charge in [-0.1, -0.05) is 6.07 Å². The summed E-state index contributed by atoms with van der Waals surface area (Å²) in [6.45, 7) is 2.65. The molecule has 33 heavy (non-hydrogen) atoms. The maximum absolute atomic E-state index is 9.19. The third-order valence-corrected chi connectivity index (χ3v) is 7.30. The first-order valence-electron chi connectivity index (χ1n) is 12.0. The van der Waals surface area contributed by atoms with Gasteiger partial charge in [0.05, 0.1) is 30.4 Å². The first-order valence-corrected chi connectivity index (χ1v) is 12.0. The first kappa shape index (κ1) is 20.6. The standard InChI is InChI=1S/C25H28N6O2/c26-10-6-17-4-5-20-18(13-17)24(30-31(20)23-3-1-2-12-32-23)19-14-28-16-22(29-19)33-21-15-27-11-9-25(21)7-8-25/h4-5,13-14,16,21,23,27H,1-3,6-9,11-12,15H2/t21-,23?/m0/s1. The lowest BCUT2D eigenvalue weighted by Gasteiger charge is -2.32. The fourth-order valence-electron chi connectivity index (χ4n) is 5.23. The average molecular weight is 445 g/mol. The molecule has 1 aliphatic carbocycles. The maximum Gasteiger partial charge on any atom is 0.233 e. The van der Waals surface area contributed by atoms with E-state index < -0.39 is 0 Å². The van der Waals surface area contributed by atoms with Crippen LogP contribution >= 0.6 is 0 Å². The van der Waals surface area contributed by atoms with Crippen molar-refractivity contribution >= 4 is 10.9 Å². The van der Waals surface area contributed by atoms with E-state index in [4.69, 9.17) is 19.6 Å². The number of fused-ring (bicyclic) bond motifs is 1. The van der Waals surface area contributed by atoms with Crippen molar-refractivity contribution in [2.24, 2.45) is 5.41 Å². The summed E-state index contributed by atoms with van der Waals surface area (Å²) in [5, 5.41) is 18.6. The number of nitrogens with zero attached hydrogens (tertiary/aromatic N) is 5. The summed E-state index contributed by atoms with van der Waals surface area (Å²) < 4.78 is 14.4. The number of rotatable bonds is 5. The smallest absolute Gasteiger partial charge is 0.233 e. The summed E-state index contributed by atoms with van der Waals surface area (Å²) in [6.07, 6.45) is 10.6. The normalized spacial score (nSPS) is 24.0. The van der Waals surface area contributed by atoms with Crippen LogP contribution in [0.4, 0.5) is 0 Å². The molecule has 1 unspecified atom stereocenters. The highest BCUT2D eigenvalue weighted by molar-refractivity contribution is 5.93. The van der Waals surface area contributed by atoms with Crippen molar-refractivity contribution in [2.45, 2.75) is 57.3 Å². The average Bonchev–Trinajstić information content (AvgIpc) is 3.52. The van der Waals surface area contributed by atoms with E-state index in [1.54, 1.807) is 12.4 Å². The van der Waals surface area contributed by atoms with Crippen LogP contribution in [0.25, 0.3) is 22.3 Å². The lowest BCUT2D eigenvalue weighted by Crippen LogP contribution is -2.45. The molecule has 2 aromatic heterocycles. The number of nitrogens with one attached hydrogen (secondary N) is 1. The molecule has 170 valence electrons. The zero-order chi connectivity index (χ0) is 22.3. The van der Waals surface area contributed by atoms with Gasteiger partial charge in [0, 0.05) is 24.0 Å². The van der Waals surface area contributed by atoms with E-state index in [-0.39, 0.29) is 12.3 Å². The molecule has 0 radical (unpaired) electrons. The molecule has 3 aliphatic rings. The van der Waals surface area contributed by atoms with Crippen LogP contribution in [0.5, 0.6) is 5.88 Å². The SMILES string of the molecule is N#CCc1ccc2c(c1)c(-c1cncc(O[C@H]3CNCCC34CC4)n1)nn2C1CCCCO1. The minimum absolute atomic E-state index is 0.0905. The predicted molar refractivity (Wildman–Crippen MR) is 122 cm³/mol. The van der Waals surface area contributed by atoms with Gasteiger partial charge in [-0.25, -0.2) is 9.67 Å². The number of hydrogen-bond donors (Lipinski definition) is 1. The van der Waals surface area contributed by atoms with Crippen molar-refractivity contribution in [3.63, 3.8) is 0 Å². The third kappa shape index (κ3) is 3.85. The summed E-state index contributed by atoms with van der Waals surface area (Å²) in [4.78, 5) is 9.26. The van der Waals surface area contributed by atoms with Gasteiger partial charge in [0.1, 0.15) is 17.5 Å². The fraction of sp³-hybridized carbons (Fsp3) is 0.520. The van der Waals surface area contributed by atoms with Crippen molar-refractivity contribution in [3.8, 4) is 23.3 Å². The summed E-state index contributed by atoms with van der Waals surface area (Å²) in [5.41, 5.74) is 3.68. The molecule has 3 aromatic rings. The summed E-state index contributed by atoms with van der Waals surface area (Å²) >= 11 is 0. The highest BCUT2D eigenvalue weighted by atomic mass is 16.5. The number of benzene rings is 1. The van der Waals surface area contributed by atoms with Crippen LogP contribution in [0.1, 0.15) is 50.3 Å². The fourth-order valence-corrected chi connectivity index (χ4v) is 5.23. The Morgan fingerprint density at radius 2 is 2.18 bits per heavy atom. The van der Waals surface area contributed by atoms with E-state index in [9.17, 15) is 5.26 Å². The van der Waals surface area contributed by atoms with Gasteiger partial charge in [-0.05, 0) is 62.8 Å². The molecule has 2 saturated heterocycles. The van der Waals surface area contributed by atoms with Crippen LogP contribution in [-0.2, 0) is 11.2 Å².